The zero-order valence-corrected chi connectivity index (χ0v) is 24.0. The van der Waals surface area contributed by atoms with Crippen LogP contribution in [0.4, 0.5) is 23.0 Å². The smallest absolute Gasteiger partial charge is 0.263 e. The van der Waals surface area contributed by atoms with Crippen LogP contribution in [0.25, 0.3) is 11.0 Å². The van der Waals surface area contributed by atoms with Gasteiger partial charge in [0.2, 0.25) is 5.91 Å². The molecule has 0 aliphatic carbocycles. The Morgan fingerprint density at radius 2 is 1.68 bits per heavy atom. The Morgan fingerprint density at radius 3 is 2.32 bits per heavy atom. The van der Waals surface area contributed by atoms with Gasteiger partial charge < -0.3 is 15.4 Å². The number of carbonyl (C=O) groups is 2. The number of hydrogen-bond donors (Lipinski definition) is 3. The number of aromatic nitrogens is 2. The summed E-state index contributed by atoms with van der Waals surface area (Å²) in [7, 11) is -2.68. The molecule has 0 atom stereocenters. The first-order chi connectivity index (χ1) is 19.6. The zero-order chi connectivity index (χ0) is 29.6. The number of anilines is 4. The molecule has 0 saturated heterocycles. The third-order valence-corrected chi connectivity index (χ3v) is 7.61. The number of benzene rings is 3. The van der Waals surface area contributed by atoms with Crippen molar-refractivity contribution in [3.8, 4) is 5.75 Å². The summed E-state index contributed by atoms with van der Waals surface area (Å²) >= 11 is 0. The summed E-state index contributed by atoms with van der Waals surface area (Å²) in [5, 5.41) is 5.83. The van der Waals surface area contributed by atoms with Crippen molar-refractivity contribution < 1.29 is 22.7 Å². The van der Waals surface area contributed by atoms with Gasteiger partial charge in [-0.2, -0.15) is 0 Å². The Hall–Kier alpha value is -4.55. The molecule has 0 bridgehead atoms. The van der Waals surface area contributed by atoms with E-state index in [0.29, 0.717) is 46.6 Å². The monoisotopic (exact) mass is 576 g/mol. The van der Waals surface area contributed by atoms with Gasteiger partial charge in [-0.3, -0.25) is 19.2 Å². The SMILES string of the molecule is CCN(CC(=O)Nc1cccc(S(=O)(=O)Nc2nc3ccccc3nc2Nc2cc(C=O)cc(OC)c2)c1)C(C)C. The van der Waals surface area contributed by atoms with Crippen molar-refractivity contribution in [2.45, 2.75) is 31.7 Å². The second-order valence-corrected chi connectivity index (χ2v) is 11.2. The molecular formula is C29H32N6O5S. The Bertz CT molecular complexity index is 1680. The maximum absolute atomic E-state index is 13.5. The molecule has 0 saturated carbocycles. The van der Waals surface area contributed by atoms with E-state index in [9.17, 15) is 18.0 Å². The maximum atomic E-state index is 13.5. The molecule has 0 fully saturated rings. The molecule has 0 aliphatic heterocycles. The molecule has 12 heteroatoms. The van der Waals surface area contributed by atoms with Gasteiger partial charge in [-0.05, 0) is 62.9 Å². The summed E-state index contributed by atoms with van der Waals surface area (Å²) < 4.78 is 34.8. The van der Waals surface area contributed by atoms with Crippen LogP contribution in [0.3, 0.4) is 0 Å². The molecule has 3 N–H and O–H groups in total. The van der Waals surface area contributed by atoms with Crippen molar-refractivity contribution >= 4 is 56.3 Å². The van der Waals surface area contributed by atoms with Gasteiger partial charge in [-0.25, -0.2) is 18.4 Å². The van der Waals surface area contributed by atoms with Crippen LogP contribution in [0.1, 0.15) is 31.1 Å². The molecule has 1 aromatic heterocycles. The van der Waals surface area contributed by atoms with E-state index < -0.39 is 10.0 Å². The number of nitrogens with one attached hydrogen (secondary N) is 3. The molecule has 0 spiro atoms. The predicted molar refractivity (Wildman–Crippen MR) is 159 cm³/mol. The van der Waals surface area contributed by atoms with Crippen molar-refractivity contribution in [1.29, 1.82) is 0 Å². The van der Waals surface area contributed by atoms with Gasteiger partial charge in [0, 0.05) is 29.0 Å². The van der Waals surface area contributed by atoms with Gasteiger partial charge in [0.15, 0.2) is 11.6 Å². The van der Waals surface area contributed by atoms with E-state index in [0.717, 1.165) is 0 Å². The Morgan fingerprint density at radius 1 is 0.976 bits per heavy atom. The number of rotatable bonds is 12. The van der Waals surface area contributed by atoms with E-state index >= 15 is 0 Å². The number of sulfonamides is 1. The summed E-state index contributed by atoms with van der Waals surface area (Å²) in [4.78, 5) is 35.0. The number of likely N-dealkylation sites (N-methyl/N-ethyl adjacent to an activating group) is 1. The summed E-state index contributed by atoms with van der Waals surface area (Å²) in [5.74, 6) is 0.254. The van der Waals surface area contributed by atoms with Crippen molar-refractivity contribution in [3.05, 3.63) is 72.3 Å². The van der Waals surface area contributed by atoms with Gasteiger partial charge >= 0.3 is 0 Å². The van der Waals surface area contributed by atoms with E-state index in [-0.39, 0.29) is 35.0 Å². The first-order valence-corrected chi connectivity index (χ1v) is 14.4. The van der Waals surface area contributed by atoms with Crippen LogP contribution in [0, 0.1) is 0 Å². The summed E-state index contributed by atoms with van der Waals surface area (Å²) in [6.07, 6.45) is 0.678. The lowest BCUT2D eigenvalue weighted by Gasteiger charge is -2.23. The van der Waals surface area contributed by atoms with Gasteiger partial charge in [0.1, 0.15) is 12.0 Å². The number of hydrogen-bond acceptors (Lipinski definition) is 9. The highest BCUT2D eigenvalue weighted by Gasteiger charge is 2.21. The highest BCUT2D eigenvalue weighted by Crippen LogP contribution is 2.29. The number of carbonyl (C=O) groups excluding carboxylic acids is 2. The molecule has 3 aromatic carbocycles. The normalized spacial score (nSPS) is 11.5. The van der Waals surface area contributed by atoms with Crippen LogP contribution in [0.15, 0.2) is 71.6 Å². The first kappa shape index (κ1) is 29.4. The van der Waals surface area contributed by atoms with Crippen molar-refractivity contribution in [1.82, 2.24) is 14.9 Å². The van der Waals surface area contributed by atoms with Crippen LogP contribution >= 0.6 is 0 Å². The zero-order valence-electron chi connectivity index (χ0n) is 23.2. The lowest BCUT2D eigenvalue weighted by molar-refractivity contribution is -0.117. The number of aldehydes is 1. The topological polar surface area (TPSA) is 143 Å². The second kappa shape index (κ2) is 12.7. The van der Waals surface area contributed by atoms with E-state index in [1.807, 2.05) is 25.7 Å². The number of methoxy groups -OCH3 is 1. The van der Waals surface area contributed by atoms with Crippen molar-refractivity contribution in [3.63, 3.8) is 0 Å². The molecule has 1 heterocycles. The van der Waals surface area contributed by atoms with E-state index in [1.165, 1.54) is 19.2 Å². The van der Waals surface area contributed by atoms with E-state index in [2.05, 4.69) is 25.3 Å². The summed E-state index contributed by atoms with van der Waals surface area (Å²) in [6.45, 7) is 6.87. The molecular weight excluding hydrogens is 544 g/mol. The number of para-hydroxylation sites is 2. The van der Waals surface area contributed by atoms with Gasteiger partial charge in [-0.15, -0.1) is 0 Å². The fourth-order valence-electron chi connectivity index (χ4n) is 4.15. The van der Waals surface area contributed by atoms with Crippen molar-refractivity contribution in [2.24, 2.45) is 0 Å². The standard InChI is InChI=1S/C29H32N6O5S/c1-5-35(19(2)3)17-27(37)30-21-9-8-10-24(16-21)41(38,39)34-29-28(32-25-11-6-7-12-26(25)33-29)31-22-13-20(18-36)14-23(15-22)40-4/h6-16,18-19H,5,17H2,1-4H3,(H,30,37)(H,31,32)(H,33,34). The molecule has 4 aromatic rings. The minimum atomic E-state index is -4.16. The van der Waals surface area contributed by atoms with E-state index in [1.54, 1.807) is 54.6 Å². The fourth-order valence-corrected chi connectivity index (χ4v) is 5.20. The average molecular weight is 577 g/mol. The van der Waals surface area contributed by atoms with Gasteiger partial charge in [0.25, 0.3) is 10.0 Å². The fraction of sp³-hybridized carbons (Fsp3) is 0.241. The average Bonchev–Trinajstić information content (AvgIpc) is 2.95. The Labute approximate surface area is 239 Å². The minimum Gasteiger partial charge on any atom is -0.497 e. The third-order valence-electron chi connectivity index (χ3n) is 6.28. The number of nitrogens with zero attached hydrogens (tertiary/aromatic N) is 3. The highest BCUT2D eigenvalue weighted by atomic mass is 32.2. The van der Waals surface area contributed by atoms with Gasteiger partial charge in [-0.1, -0.05) is 25.1 Å². The molecule has 4 rings (SSSR count). The largest absolute Gasteiger partial charge is 0.497 e. The lowest BCUT2D eigenvalue weighted by atomic mass is 10.2. The van der Waals surface area contributed by atoms with Gasteiger partial charge in [0.05, 0.1) is 29.6 Å². The second-order valence-electron chi connectivity index (χ2n) is 9.49. The molecule has 41 heavy (non-hydrogen) atoms. The van der Waals surface area contributed by atoms with Crippen LogP contribution in [0.2, 0.25) is 0 Å². The maximum Gasteiger partial charge on any atom is 0.263 e. The molecule has 11 nitrogen and oxygen atoms in total. The Kier molecular flexibility index (Phi) is 9.15. The number of ether oxygens (including phenoxy) is 1. The summed E-state index contributed by atoms with van der Waals surface area (Å²) in [6, 6.07) is 18.0. The first-order valence-electron chi connectivity index (χ1n) is 13.0. The van der Waals surface area contributed by atoms with Crippen LogP contribution < -0.4 is 20.1 Å². The highest BCUT2D eigenvalue weighted by molar-refractivity contribution is 7.92. The quantitative estimate of drug-likeness (QED) is 0.205. The molecule has 214 valence electrons. The van der Waals surface area contributed by atoms with E-state index in [4.69, 9.17) is 4.74 Å². The number of fused-ring (bicyclic) bond motifs is 1. The van der Waals surface area contributed by atoms with Crippen LogP contribution in [-0.4, -0.2) is 61.7 Å². The molecule has 1 amide bonds. The minimum absolute atomic E-state index is 0.0517. The van der Waals surface area contributed by atoms with Crippen molar-refractivity contribution in [2.75, 3.05) is 35.6 Å². The lowest BCUT2D eigenvalue weighted by Crippen LogP contribution is -2.37. The molecule has 0 radical (unpaired) electrons. The summed E-state index contributed by atoms with van der Waals surface area (Å²) in [5.41, 5.74) is 2.16. The molecule has 0 aliphatic rings. The van der Waals surface area contributed by atoms with Crippen LogP contribution in [0.5, 0.6) is 5.75 Å². The predicted octanol–water partition coefficient (Wildman–Crippen LogP) is 4.66. The Balaban J connectivity index is 1.65. The third kappa shape index (κ3) is 7.35. The molecule has 0 unspecified atom stereocenters. The van der Waals surface area contributed by atoms with Crippen LogP contribution in [-0.2, 0) is 14.8 Å². The number of amides is 1.